The minimum atomic E-state index is -0.780. The molecule has 4 rings (SSSR count). The molecule has 36 heavy (non-hydrogen) atoms. The number of aliphatic hydroxyl groups is 1. The molecular weight excluding hydrogens is 457 g/mol. The molecule has 1 saturated heterocycles. The maximum absolute atomic E-state index is 13.2. The molecule has 2 unspecified atom stereocenters. The normalized spacial score (nSPS) is 16.2. The molecule has 1 fully saturated rings. The Morgan fingerprint density at radius 3 is 2.47 bits per heavy atom. The predicted molar refractivity (Wildman–Crippen MR) is 140 cm³/mol. The van der Waals surface area contributed by atoms with E-state index in [1.165, 1.54) is 12.1 Å². The molecule has 2 amide bonds. The molecule has 1 aliphatic heterocycles. The van der Waals surface area contributed by atoms with E-state index < -0.39 is 18.2 Å². The zero-order valence-corrected chi connectivity index (χ0v) is 20.6. The second-order valence-corrected chi connectivity index (χ2v) is 9.36. The average molecular weight is 492 g/mol. The topological polar surface area (TPSA) is 73.8 Å². The monoisotopic (exact) mass is 491 g/mol. The Kier molecular flexibility index (Phi) is 8.92. The highest BCUT2D eigenvalue weighted by Gasteiger charge is 2.27. The van der Waals surface area contributed by atoms with E-state index in [9.17, 15) is 14.3 Å². The number of piperidine rings is 1. The van der Waals surface area contributed by atoms with Gasteiger partial charge in [0.2, 0.25) is 0 Å². The summed E-state index contributed by atoms with van der Waals surface area (Å²) in [6.45, 7) is 2.21. The number of rotatable bonds is 9. The minimum Gasteiger partial charge on any atom is -0.497 e. The number of aliphatic hydroxyl groups excluding tert-OH is 1. The number of nitrogens with one attached hydrogen (secondary N) is 2. The third-order valence-electron chi connectivity index (χ3n) is 6.75. The number of amides is 2. The van der Waals surface area contributed by atoms with Gasteiger partial charge in [-0.05, 0) is 73.7 Å². The number of benzene rings is 3. The van der Waals surface area contributed by atoms with Crippen molar-refractivity contribution < 1.29 is 19.0 Å². The quantitative estimate of drug-likeness (QED) is 0.393. The number of halogens is 1. The molecule has 6 nitrogen and oxygen atoms in total. The lowest BCUT2D eigenvalue weighted by Crippen LogP contribution is -2.46. The molecule has 7 heteroatoms. The lowest BCUT2D eigenvalue weighted by molar-refractivity contribution is 0.0657. The average Bonchev–Trinajstić information content (AvgIpc) is 2.90. The summed E-state index contributed by atoms with van der Waals surface area (Å²) in [5, 5.41) is 17.0. The number of carbonyl (C=O) groups excluding carboxylic acids is 1. The summed E-state index contributed by atoms with van der Waals surface area (Å²) in [6, 6.07) is 22.5. The van der Waals surface area contributed by atoms with Crippen LogP contribution in [0.3, 0.4) is 0 Å². The molecule has 0 aliphatic carbocycles. The molecule has 3 N–H and O–H groups in total. The molecule has 1 heterocycles. The first-order chi connectivity index (χ1) is 17.5. The van der Waals surface area contributed by atoms with E-state index in [2.05, 4.69) is 15.5 Å². The van der Waals surface area contributed by atoms with Crippen LogP contribution in [-0.2, 0) is 6.42 Å². The maximum Gasteiger partial charge on any atom is 0.319 e. The summed E-state index contributed by atoms with van der Waals surface area (Å²) in [5.74, 6) is 0.983. The van der Waals surface area contributed by atoms with Crippen molar-refractivity contribution in [3.05, 3.63) is 95.8 Å². The highest BCUT2D eigenvalue weighted by atomic mass is 19.1. The van der Waals surface area contributed by atoms with Crippen LogP contribution in [0.5, 0.6) is 5.75 Å². The molecular formula is C29H34FN3O3. The number of likely N-dealkylation sites (tertiary alicyclic amines) is 1. The number of β-amino-alcohol motifs (C(OH)–C–C–N with tert-alkyl or cyclic N) is 1. The van der Waals surface area contributed by atoms with Gasteiger partial charge in [-0.1, -0.05) is 48.5 Å². The number of ether oxygens (including phenoxy) is 1. The molecule has 2 atom stereocenters. The standard InChI is InChI=1S/C29H34FN3O3/c1-36-26-9-5-8-25(19-26)31-29(35)32-28(23-6-3-2-4-7-23)27(34)20-33-16-14-22(15-17-33)18-21-10-12-24(30)13-11-21/h2-13,19,22,27-28,34H,14-18,20H2,1H3,(H2,31,32,35). The number of urea groups is 1. The van der Waals surface area contributed by atoms with E-state index >= 15 is 0 Å². The Morgan fingerprint density at radius 2 is 1.78 bits per heavy atom. The van der Waals surface area contributed by atoms with Gasteiger partial charge in [0.1, 0.15) is 11.6 Å². The van der Waals surface area contributed by atoms with Crippen molar-refractivity contribution in [2.24, 2.45) is 5.92 Å². The largest absolute Gasteiger partial charge is 0.497 e. The number of nitrogens with zero attached hydrogens (tertiary/aromatic N) is 1. The van der Waals surface area contributed by atoms with Crippen molar-refractivity contribution in [1.82, 2.24) is 10.2 Å². The number of hydrogen-bond acceptors (Lipinski definition) is 4. The van der Waals surface area contributed by atoms with Gasteiger partial charge < -0.3 is 25.4 Å². The Bertz CT molecular complexity index is 1100. The van der Waals surface area contributed by atoms with Crippen LogP contribution < -0.4 is 15.4 Å². The van der Waals surface area contributed by atoms with Crippen LogP contribution in [0.25, 0.3) is 0 Å². The van der Waals surface area contributed by atoms with Gasteiger partial charge in [0.25, 0.3) is 0 Å². The SMILES string of the molecule is COc1cccc(NC(=O)NC(c2ccccc2)C(O)CN2CCC(Cc3ccc(F)cc3)CC2)c1. The summed E-state index contributed by atoms with van der Waals surface area (Å²) in [6.07, 6.45) is 2.19. The number of hydrogen-bond donors (Lipinski definition) is 3. The smallest absolute Gasteiger partial charge is 0.319 e. The fourth-order valence-electron chi connectivity index (χ4n) is 4.77. The Labute approximate surface area is 212 Å². The maximum atomic E-state index is 13.2. The molecule has 0 bridgehead atoms. The van der Waals surface area contributed by atoms with E-state index in [0.717, 1.165) is 43.5 Å². The first-order valence-electron chi connectivity index (χ1n) is 12.4. The summed E-state index contributed by atoms with van der Waals surface area (Å²) >= 11 is 0. The molecule has 0 aromatic heterocycles. The van der Waals surface area contributed by atoms with Gasteiger partial charge in [0.15, 0.2) is 0 Å². The molecule has 1 aliphatic rings. The summed E-state index contributed by atoms with van der Waals surface area (Å²) in [7, 11) is 1.58. The number of carbonyl (C=O) groups is 1. The Hall–Kier alpha value is -3.42. The van der Waals surface area contributed by atoms with Crippen molar-refractivity contribution in [3.8, 4) is 5.75 Å². The van der Waals surface area contributed by atoms with Crippen LogP contribution in [0.2, 0.25) is 0 Å². The molecule has 190 valence electrons. The summed E-state index contributed by atoms with van der Waals surface area (Å²) in [4.78, 5) is 15.1. The third-order valence-corrected chi connectivity index (χ3v) is 6.75. The van der Waals surface area contributed by atoms with Gasteiger partial charge in [0, 0.05) is 18.3 Å². The second-order valence-electron chi connectivity index (χ2n) is 9.36. The highest BCUT2D eigenvalue weighted by Crippen LogP contribution is 2.24. The van der Waals surface area contributed by atoms with Crippen LogP contribution in [0.15, 0.2) is 78.9 Å². The predicted octanol–water partition coefficient (Wildman–Crippen LogP) is 5.01. The van der Waals surface area contributed by atoms with Gasteiger partial charge in [-0.2, -0.15) is 0 Å². The zero-order valence-electron chi connectivity index (χ0n) is 20.6. The van der Waals surface area contributed by atoms with Crippen LogP contribution in [0.1, 0.15) is 30.0 Å². The van der Waals surface area contributed by atoms with Gasteiger partial charge in [-0.25, -0.2) is 9.18 Å². The molecule has 0 saturated carbocycles. The molecule has 0 spiro atoms. The molecule has 0 radical (unpaired) electrons. The van der Waals surface area contributed by atoms with E-state index in [0.29, 0.717) is 23.9 Å². The highest BCUT2D eigenvalue weighted by molar-refractivity contribution is 5.89. The van der Waals surface area contributed by atoms with Gasteiger partial charge >= 0.3 is 6.03 Å². The zero-order chi connectivity index (χ0) is 25.3. The van der Waals surface area contributed by atoms with E-state index in [1.807, 2.05) is 48.5 Å². The van der Waals surface area contributed by atoms with Crippen molar-refractivity contribution in [2.45, 2.75) is 31.4 Å². The first kappa shape index (κ1) is 25.7. The second kappa shape index (κ2) is 12.5. The lowest BCUT2D eigenvalue weighted by Gasteiger charge is -2.35. The number of anilines is 1. The fraction of sp³-hybridized carbons (Fsp3) is 0.345. The van der Waals surface area contributed by atoms with Gasteiger partial charge in [-0.3, -0.25) is 0 Å². The number of methoxy groups -OCH3 is 1. The lowest BCUT2D eigenvalue weighted by atomic mass is 9.90. The van der Waals surface area contributed by atoms with E-state index in [1.54, 1.807) is 25.3 Å². The molecule has 3 aromatic rings. The fourth-order valence-corrected chi connectivity index (χ4v) is 4.77. The van der Waals surface area contributed by atoms with Crippen molar-refractivity contribution in [3.63, 3.8) is 0 Å². The van der Waals surface area contributed by atoms with Crippen LogP contribution in [0, 0.1) is 11.7 Å². The van der Waals surface area contributed by atoms with Crippen LogP contribution in [-0.4, -0.2) is 48.9 Å². The third kappa shape index (κ3) is 7.29. The Balaban J connectivity index is 1.34. The van der Waals surface area contributed by atoms with Crippen LogP contribution >= 0.6 is 0 Å². The summed E-state index contributed by atoms with van der Waals surface area (Å²) in [5.41, 5.74) is 2.61. The van der Waals surface area contributed by atoms with E-state index in [4.69, 9.17) is 4.74 Å². The molecule has 3 aromatic carbocycles. The van der Waals surface area contributed by atoms with Crippen molar-refractivity contribution >= 4 is 11.7 Å². The van der Waals surface area contributed by atoms with E-state index in [-0.39, 0.29) is 5.82 Å². The van der Waals surface area contributed by atoms with Crippen LogP contribution in [0.4, 0.5) is 14.9 Å². The van der Waals surface area contributed by atoms with Crippen molar-refractivity contribution in [2.75, 3.05) is 32.1 Å². The van der Waals surface area contributed by atoms with Gasteiger partial charge in [0.05, 0.1) is 19.3 Å². The van der Waals surface area contributed by atoms with Crippen molar-refractivity contribution in [1.29, 1.82) is 0 Å². The minimum absolute atomic E-state index is 0.207. The summed E-state index contributed by atoms with van der Waals surface area (Å²) < 4.78 is 18.4. The van der Waals surface area contributed by atoms with Gasteiger partial charge in [-0.15, -0.1) is 0 Å². The first-order valence-corrected chi connectivity index (χ1v) is 12.4. The Morgan fingerprint density at radius 1 is 1.06 bits per heavy atom.